The number of carboxylic acid groups (broad SMARTS) is 1. The molecular weight excluding hydrogens is 276 g/mol. The van der Waals surface area contributed by atoms with Gasteiger partial charge in [0.05, 0.1) is 18.9 Å². The lowest BCUT2D eigenvalue weighted by molar-refractivity contribution is -0.145. The zero-order valence-corrected chi connectivity index (χ0v) is 12.4. The average molecular weight is 300 g/mol. The van der Waals surface area contributed by atoms with Gasteiger partial charge in [-0.3, -0.25) is 9.59 Å². The third kappa shape index (κ3) is 6.46. The number of hydrogen-bond acceptors (Lipinski definition) is 4. The smallest absolute Gasteiger partial charge is 0.314 e. The minimum absolute atomic E-state index is 0.0212. The fourth-order valence-corrected chi connectivity index (χ4v) is 2.57. The first-order valence-electron chi connectivity index (χ1n) is 7.44. The summed E-state index contributed by atoms with van der Waals surface area (Å²) >= 11 is 0. The molecule has 2 amide bonds. The molecule has 0 heterocycles. The topological polar surface area (TPSA) is 105 Å². The molecule has 0 aromatic carbocycles. The summed E-state index contributed by atoms with van der Waals surface area (Å²) < 4.78 is 4.74. The quantitative estimate of drug-likeness (QED) is 0.611. The van der Waals surface area contributed by atoms with Crippen molar-refractivity contribution in [1.82, 2.24) is 10.6 Å². The normalized spacial score (nSPS) is 21.4. The van der Waals surface area contributed by atoms with Crippen molar-refractivity contribution in [3.63, 3.8) is 0 Å². The van der Waals surface area contributed by atoms with Gasteiger partial charge < -0.3 is 20.5 Å². The highest BCUT2D eigenvalue weighted by molar-refractivity contribution is 5.75. The van der Waals surface area contributed by atoms with Gasteiger partial charge in [0.1, 0.15) is 0 Å². The van der Waals surface area contributed by atoms with E-state index in [2.05, 4.69) is 10.6 Å². The van der Waals surface area contributed by atoms with Crippen molar-refractivity contribution in [3.8, 4) is 0 Å². The van der Waals surface area contributed by atoms with Crippen LogP contribution in [-0.4, -0.2) is 42.8 Å². The first-order valence-corrected chi connectivity index (χ1v) is 7.44. The number of carboxylic acids is 1. The van der Waals surface area contributed by atoms with Gasteiger partial charge in [-0.1, -0.05) is 12.8 Å². The molecule has 1 rings (SSSR count). The van der Waals surface area contributed by atoms with Gasteiger partial charge in [0.2, 0.25) is 0 Å². The monoisotopic (exact) mass is 300 g/mol. The summed E-state index contributed by atoms with van der Waals surface area (Å²) in [5.41, 5.74) is 0. The zero-order valence-electron chi connectivity index (χ0n) is 12.4. The molecule has 0 aliphatic heterocycles. The van der Waals surface area contributed by atoms with Crippen molar-refractivity contribution < 1.29 is 24.2 Å². The van der Waals surface area contributed by atoms with Gasteiger partial charge in [-0.05, 0) is 25.7 Å². The van der Waals surface area contributed by atoms with Crippen LogP contribution in [0.3, 0.4) is 0 Å². The summed E-state index contributed by atoms with van der Waals surface area (Å²) in [6.45, 7) is 2.60. The number of aliphatic carboxylic acids is 1. The third-order valence-electron chi connectivity index (χ3n) is 3.67. The Morgan fingerprint density at radius 2 is 1.90 bits per heavy atom. The number of nitrogens with one attached hydrogen (secondary N) is 2. The van der Waals surface area contributed by atoms with Crippen LogP contribution in [0.2, 0.25) is 0 Å². The van der Waals surface area contributed by atoms with Gasteiger partial charge >= 0.3 is 18.0 Å². The number of esters is 1. The fraction of sp³-hybridized carbons (Fsp3) is 0.786. The second kappa shape index (κ2) is 9.20. The molecule has 7 heteroatoms. The van der Waals surface area contributed by atoms with Crippen LogP contribution in [0.4, 0.5) is 4.79 Å². The summed E-state index contributed by atoms with van der Waals surface area (Å²) in [5, 5.41) is 14.4. The van der Waals surface area contributed by atoms with E-state index in [4.69, 9.17) is 9.84 Å². The van der Waals surface area contributed by atoms with Crippen LogP contribution in [-0.2, 0) is 14.3 Å². The van der Waals surface area contributed by atoms with Crippen LogP contribution in [0.1, 0.15) is 39.0 Å². The van der Waals surface area contributed by atoms with Gasteiger partial charge in [0.25, 0.3) is 0 Å². The van der Waals surface area contributed by atoms with E-state index in [-0.39, 0.29) is 36.8 Å². The Balaban J connectivity index is 2.22. The van der Waals surface area contributed by atoms with Gasteiger partial charge in [-0.25, -0.2) is 4.79 Å². The highest BCUT2D eigenvalue weighted by Crippen LogP contribution is 2.29. The van der Waals surface area contributed by atoms with E-state index in [0.29, 0.717) is 19.6 Å². The first-order chi connectivity index (χ1) is 10.0. The molecule has 0 aromatic rings. The summed E-state index contributed by atoms with van der Waals surface area (Å²) in [7, 11) is 0. The van der Waals surface area contributed by atoms with Crippen molar-refractivity contribution in [2.24, 2.45) is 11.8 Å². The molecule has 0 aromatic heterocycles. The Labute approximate surface area is 124 Å². The number of carbonyl (C=O) groups excluding carboxylic acids is 2. The van der Waals surface area contributed by atoms with E-state index in [1.54, 1.807) is 6.92 Å². The molecule has 120 valence electrons. The molecule has 1 fully saturated rings. The van der Waals surface area contributed by atoms with Crippen LogP contribution >= 0.6 is 0 Å². The largest absolute Gasteiger partial charge is 0.481 e. The van der Waals surface area contributed by atoms with E-state index in [9.17, 15) is 14.4 Å². The Bertz CT molecular complexity index is 372. The molecule has 1 saturated carbocycles. The lowest BCUT2D eigenvalue weighted by Crippen LogP contribution is -2.42. The number of rotatable bonds is 7. The molecule has 0 radical (unpaired) electrons. The molecule has 1 aliphatic rings. The minimum Gasteiger partial charge on any atom is -0.481 e. The predicted molar refractivity (Wildman–Crippen MR) is 75.7 cm³/mol. The number of urea groups is 1. The highest BCUT2D eigenvalue weighted by Gasteiger charge is 2.30. The Morgan fingerprint density at radius 3 is 2.57 bits per heavy atom. The van der Waals surface area contributed by atoms with Gasteiger partial charge in [-0.15, -0.1) is 0 Å². The van der Waals surface area contributed by atoms with E-state index < -0.39 is 5.97 Å². The highest BCUT2D eigenvalue weighted by atomic mass is 16.5. The Morgan fingerprint density at radius 1 is 1.19 bits per heavy atom. The molecular formula is C14H24N2O5. The molecule has 2 atom stereocenters. The summed E-state index contributed by atoms with van der Waals surface area (Å²) in [6.07, 6.45) is 3.55. The van der Waals surface area contributed by atoms with Gasteiger partial charge in [0, 0.05) is 13.1 Å². The standard InChI is InChI=1S/C14H24N2O5/c1-2-21-12(17)7-8-15-14(20)16-9-10-5-3-4-6-11(10)13(18)19/h10-11H,2-9H2,1H3,(H,18,19)(H2,15,16,20). The maximum Gasteiger partial charge on any atom is 0.314 e. The lowest BCUT2D eigenvalue weighted by Gasteiger charge is -2.28. The van der Waals surface area contributed by atoms with E-state index in [1.165, 1.54) is 0 Å². The SMILES string of the molecule is CCOC(=O)CCNC(=O)NCC1CCCCC1C(=O)O. The second-order valence-electron chi connectivity index (χ2n) is 5.18. The van der Waals surface area contributed by atoms with Crippen molar-refractivity contribution in [2.45, 2.75) is 39.0 Å². The maximum atomic E-state index is 11.6. The minimum atomic E-state index is -0.788. The zero-order chi connectivity index (χ0) is 15.7. The number of carbonyl (C=O) groups is 3. The second-order valence-corrected chi connectivity index (χ2v) is 5.18. The Kier molecular flexibility index (Phi) is 7.56. The molecule has 0 bridgehead atoms. The van der Waals surface area contributed by atoms with E-state index >= 15 is 0 Å². The van der Waals surface area contributed by atoms with Gasteiger partial charge in [0.15, 0.2) is 0 Å². The molecule has 1 aliphatic carbocycles. The van der Waals surface area contributed by atoms with Crippen molar-refractivity contribution in [2.75, 3.05) is 19.7 Å². The maximum absolute atomic E-state index is 11.6. The van der Waals surface area contributed by atoms with Crippen LogP contribution in [0.15, 0.2) is 0 Å². The predicted octanol–water partition coefficient (Wildman–Crippen LogP) is 1.13. The average Bonchev–Trinajstić information content (AvgIpc) is 2.45. The molecule has 2 unspecified atom stereocenters. The lowest BCUT2D eigenvalue weighted by atomic mass is 9.79. The number of hydrogen-bond donors (Lipinski definition) is 3. The summed E-state index contributed by atoms with van der Waals surface area (Å²) in [6, 6.07) is -0.381. The van der Waals surface area contributed by atoms with Crippen LogP contribution in [0.25, 0.3) is 0 Å². The fourth-order valence-electron chi connectivity index (χ4n) is 2.57. The van der Waals surface area contributed by atoms with Crippen molar-refractivity contribution in [3.05, 3.63) is 0 Å². The number of ether oxygens (including phenoxy) is 1. The van der Waals surface area contributed by atoms with Crippen LogP contribution in [0.5, 0.6) is 0 Å². The molecule has 0 spiro atoms. The summed E-state index contributed by atoms with van der Waals surface area (Å²) in [5.74, 6) is -1.54. The molecule has 7 nitrogen and oxygen atoms in total. The van der Waals surface area contributed by atoms with Crippen LogP contribution < -0.4 is 10.6 Å². The van der Waals surface area contributed by atoms with E-state index in [1.807, 2.05) is 0 Å². The molecule has 3 N–H and O–H groups in total. The summed E-state index contributed by atoms with van der Waals surface area (Å²) in [4.78, 5) is 33.8. The Hall–Kier alpha value is -1.79. The molecule has 0 saturated heterocycles. The first kappa shape index (κ1) is 17.3. The van der Waals surface area contributed by atoms with Crippen molar-refractivity contribution >= 4 is 18.0 Å². The van der Waals surface area contributed by atoms with Gasteiger partial charge in [-0.2, -0.15) is 0 Å². The van der Waals surface area contributed by atoms with Crippen LogP contribution in [0, 0.1) is 11.8 Å². The molecule has 21 heavy (non-hydrogen) atoms. The van der Waals surface area contributed by atoms with Crippen molar-refractivity contribution in [1.29, 1.82) is 0 Å². The van der Waals surface area contributed by atoms with E-state index in [0.717, 1.165) is 19.3 Å². The number of amides is 2. The third-order valence-corrected chi connectivity index (χ3v) is 3.67.